The van der Waals surface area contributed by atoms with Crippen molar-refractivity contribution in [2.24, 2.45) is 5.92 Å². The average molecular weight is 171 g/mol. The molecule has 1 fully saturated rings. The first kappa shape index (κ1) is 10.0. The molecule has 1 N–H and O–H groups in total. The van der Waals surface area contributed by atoms with Crippen molar-refractivity contribution in [3.8, 4) is 0 Å². The van der Waals surface area contributed by atoms with E-state index in [9.17, 15) is 5.11 Å². The first-order chi connectivity index (χ1) is 5.59. The Hall–Kier alpha value is -0.0800. The first-order valence-corrected chi connectivity index (χ1v) is 4.98. The highest BCUT2D eigenvalue weighted by molar-refractivity contribution is 4.78. The van der Waals surface area contributed by atoms with Gasteiger partial charge in [-0.25, -0.2) is 0 Å². The van der Waals surface area contributed by atoms with E-state index in [1.807, 2.05) is 6.92 Å². The van der Waals surface area contributed by atoms with E-state index in [1.54, 1.807) is 0 Å². The van der Waals surface area contributed by atoms with Gasteiger partial charge in [-0.1, -0.05) is 0 Å². The molecule has 0 aliphatic heterocycles. The third-order valence-corrected chi connectivity index (χ3v) is 2.68. The van der Waals surface area contributed by atoms with Crippen molar-refractivity contribution in [2.45, 2.75) is 45.3 Å². The molecule has 0 spiro atoms. The summed E-state index contributed by atoms with van der Waals surface area (Å²) in [7, 11) is 2.16. The molecule has 2 nitrogen and oxygen atoms in total. The van der Waals surface area contributed by atoms with Crippen molar-refractivity contribution < 1.29 is 5.11 Å². The molecule has 0 heterocycles. The molecule has 0 amide bonds. The maximum atomic E-state index is 9.19. The molecule has 0 aromatic carbocycles. The summed E-state index contributed by atoms with van der Waals surface area (Å²) in [6, 6.07) is 0.519. The minimum Gasteiger partial charge on any atom is -0.393 e. The Bertz CT molecular complexity index is 124. The summed E-state index contributed by atoms with van der Waals surface area (Å²) in [4.78, 5) is 2.37. The summed E-state index contributed by atoms with van der Waals surface area (Å²) in [6.45, 7) is 5.27. The fourth-order valence-corrected chi connectivity index (χ4v) is 1.56. The van der Waals surface area contributed by atoms with E-state index in [2.05, 4.69) is 18.9 Å². The van der Waals surface area contributed by atoms with Gasteiger partial charge in [-0.2, -0.15) is 0 Å². The van der Waals surface area contributed by atoms with Crippen molar-refractivity contribution in [2.75, 3.05) is 13.6 Å². The van der Waals surface area contributed by atoms with Gasteiger partial charge in [0.15, 0.2) is 0 Å². The normalized spacial score (nSPS) is 22.8. The number of hydrogen-bond donors (Lipinski definition) is 1. The molecule has 0 radical (unpaired) electrons. The van der Waals surface area contributed by atoms with E-state index in [-0.39, 0.29) is 6.10 Å². The van der Waals surface area contributed by atoms with Gasteiger partial charge in [0.1, 0.15) is 0 Å². The van der Waals surface area contributed by atoms with Crippen molar-refractivity contribution in [3.63, 3.8) is 0 Å². The third-order valence-electron chi connectivity index (χ3n) is 2.68. The summed E-state index contributed by atoms with van der Waals surface area (Å²) in [6.07, 6.45) is 3.54. The van der Waals surface area contributed by atoms with Gasteiger partial charge in [-0.05, 0) is 46.1 Å². The van der Waals surface area contributed by atoms with Crippen LogP contribution >= 0.6 is 0 Å². The van der Waals surface area contributed by atoms with Crippen molar-refractivity contribution >= 4 is 0 Å². The number of aliphatic hydroxyl groups excluding tert-OH is 1. The number of nitrogens with zero attached hydrogens (tertiary/aromatic N) is 1. The lowest BCUT2D eigenvalue weighted by molar-refractivity contribution is 0.131. The van der Waals surface area contributed by atoms with Crippen LogP contribution in [0.3, 0.4) is 0 Å². The summed E-state index contributed by atoms with van der Waals surface area (Å²) in [5, 5.41) is 9.19. The molecule has 72 valence electrons. The molecule has 0 aromatic heterocycles. The molecular weight excluding hydrogens is 150 g/mol. The van der Waals surface area contributed by atoms with Crippen molar-refractivity contribution in [1.29, 1.82) is 0 Å². The van der Waals surface area contributed by atoms with Crippen LogP contribution in [0.4, 0.5) is 0 Å². The van der Waals surface area contributed by atoms with Crippen LogP contribution in [0, 0.1) is 5.92 Å². The van der Waals surface area contributed by atoms with Crippen molar-refractivity contribution in [1.82, 2.24) is 4.90 Å². The SMILES string of the molecule is CC(O)CC(C)N(C)CC1CC1. The Morgan fingerprint density at radius 2 is 2.00 bits per heavy atom. The van der Waals surface area contributed by atoms with Gasteiger partial charge in [0, 0.05) is 12.6 Å². The second kappa shape index (κ2) is 4.24. The highest BCUT2D eigenvalue weighted by Crippen LogP contribution is 2.30. The number of rotatable bonds is 5. The monoisotopic (exact) mass is 171 g/mol. The Morgan fingerprint density at radius 1 is 1.42 bits per heavy atom. The van der Waals surface area contributed by atoms with Crippen LogP contribution in [0.2, 0.25) is 0 Å². The molecule has 0 bridgehead atoms. The first-order valence-electron chi connectivity index (χ1n) is 4.98. The van der Waals surface area contributed by atoms with E-state index in [0.717, 1.165) is 12.3 Å². The summed E-state index contributed by atoms with van der Waals surface area (Å²) < 4.78 is 0. The lowest BCUT2D eigenvalue weighted by Crippen LogP contribution is -2.33. The molecule has 1 aliphatic carbocycles. The molecule has 2 unspecified atom stereocenters. The Labute approximate surface area is 75.6 Å². The average Bonchev–Trinajstić information content (AvgIpc) is 2.70. The molecule has 12 heavy (non-hydrogen) atoms. The van der Waals surface area contributed by atoms with Crippen LogP contribution in [0.15, 0.2) is 0 Å². The highest BCUT2D eigenvalue weighted by atomic mass is 16.3. The van der Waals surface area contributed by atoms with Gasteiger partial charge in [-0.3, -0.25) is 0 Å². The molecule has 0 aromatic rings. The quantitative estimate of drug-likeness (QED) is 0.677. The van der Waals surface area contributed by atoms with Gasteiger partial charge in [-0.15, -0.1) is 0 Å². The lowest BCUT2D eigenvalue weighted by Gasteiger charge is -2.25. The molecular formula is C10H21NO. The topological polar surface area (TPSA) is 23.5 Å². The summed E-state index contributed by atoms with van der Waals surface area (Å²) in [5.74, 6) is 0.950. The fourth-order valence-electron chi connectivity index (χ4n) is 1.56. The Morgan fingerprint density at radius 3 is 2.42 bits per heavy atom. The molecule has 0 saturated heterocycles. The highest BCUT2D eigenvalue weighted by Gasteiger charge is 2.24. The maximum Gasteiger partial charge on any atom is 0.0526 e. The zero-order valence-electron chi connectivity index (χ0n) is 8.45. The molecule has 1 saturated carbocycles. The van der Waals surface area contributed by atoms with Crippen LogP contribution in [-0.4, -0.2) is 35.7 Å². The fraction of sp³-hybridized carbons (Fsp3) is 1.00. The second-order valence-electron chi connectivity index (χ2n) is 4.32. The predicted molar refractivity (Wildman–Crippen MR) is 51.1 cm³/mol. The van der Waals surface area contributed by atoms with E-state index >= 15 is 0 Å². The van der Waals surface area contributed by atoms with E-state index in [0.29, 0.717) is 6.04 Å². The Balaban J connectivity index is 2.14. The number of hydrogen-bond acceptors (Lipinski definition) is 2. The minimum atomic E-state index is -0.165. The van der Waals surface area contributed by atoms with Gasteiger partial charge in [0.05, 0.1) is 6.10 Å². The Kier molecular flexibility index (Phi) is 3.53. The summed E-state index contributed by atoms with van der Waals surface area (Å²) >= 11 is 0. The van der Waals surface area contributed by atoms with Gasteiger partial charge < -0.3 is 10.0 Å². The van der Waals surface area contributed by atoms with E-state index in [4.69, 9.17) is 0 Å². The van der Waals surface area contributed by atoms with Gasteiger partial charge in [0.25, 0.3) is 0 Å². The van der Waals surface area contributed by atoms with Crippen LogP contribution < -0.4 is 0 Å². The van der Waals surface area contributed by atoms with E-state index < -0.39 is 0 Å². The summed E-state index contributed by atoms with van der Waals surface area (Å²) in [5.41, 5.74) is 0. The van der Waals surface area contributed by atoms with E-state index in [1.165, 1.54) is 19.4 Å². The zero-order valence-corrected chi connectivity index (χ0v) is 8.45. The molecule has 1 aliphatic rings. The lowest BCUT2D eigenvalue weighted by atomic mass is 10.1. The predicted octanol–water partition coefficient (Wildman–Crippen LogP) is 1.49. The molecule has 1 rings (SSSR count). The zero-order chi connectivity index (χ0) is 9.14. The molecule has 2 heteroatoms. The largest absolute Gasteiger partial charge is 0.393 e. The van der Waals surface area contributed by atoms with Crippen molar-refractivity contribution in [3.05, 3.63) is 0 Å². The third kappa shape index (κ3) is 3.55. The smallest absolute Gasteiger partial charge is 0.0526 e. The van der Waals surface area contributed by atoms with Gasteiger partial charge >= 0.3 is 0 Å². The standard InChI is InChI=1S/C10H21NO/c1-8(6-9(2)12)11(3)7-10-4-5-10/h8-10,12H,4-7H2,1-3H3. The van der Waals surface area contributed by atoms with Crippen LogP contribution in [0.5, 0.6) is 0 Å². The van der Waals surface area contributed by atoms with Gasteiger partial charge in [0.2, 0.25) is 0 Å². The maximum absolute atomic E-state index is 9.19. The van der Waals surface area contributed by atoms with Crippen LogP contribution in [0.1, 0.15) is 33.1 Å². The number of aliphatic hydroxyl groups is 1. The molecule has 2 atom stereocenters. The van der Waals surface area contributed by atoms with Crippen LogP contribution in [-0.2, 0) is 0 Å². The second-order valence-corrected chi connectivity index (χ2v) is 4.32. The van der Waals surface area contributed by atoms with Crippen LogP contribution in [0.25, 0.3) is 0 Å². The minimum absolute atomic E-state index is 0.165.